The molecule has 4 aromatic rings. The second-order valence-corrected chi connectivity index (χ2v) is 9.16. The lowest BCUT2D eigenvalue weighted by atomic mass is 9.77. The van der Waals surface area contributed by atoms with Crippen molar-refractivity contribution in [3.8, 4) is 0 Å². The molecule has 0 aliphatic heterocycles. The molecule has 0 saturated heterocycles. The zero-order chi connectivity index (χ0) is 28.5. The summed E-state index contributed by atoms with van der Waals surface area (Å²) in [6.45, 7) is 0.741. The van der Waals surface area contributed by atoms with Gasteiger partial charge in [-0.2, -0.15) is 5.10 Å². The van der Waals surface area contributed by atoms with E-state index in [2.05, 4.69) is 57.4 Å². The highest BCUT2D eigenvalue weighted by molar-refractivity contribution is 5.71. The number of benzene rings is 3. The Morgan fingerprint density at radius 1 is 0.875 bits per heavy atom. The van der Waals surface area contributed by atoms with E-state index in [0.29, 0.717) is 18.7 Å². The van der Waals surface area contributed by atoms with E-state index in [0.717, 1.165) is 16.7 Å². The third-order valence-corrected chi connectivity index (χ3v) is 6.69. The van der Waals surface area contributed by atoms with Crippen LogP contribution in [0.2, 0.25) is 0 Å². The maximum Gasteiger partial charge on any atom is 0.407 e. The number of rotatable bonds is 12. The van der Waals surface area contributed by atoms with Gasteiger partial charge in [0.25, 0.3) is 0 Å². The van der Waals surface area contributed by atoms with Crippen LogP contribution in [0, 0.1) is 0 Å². The second kappa shape index (κ2) is 12.7. The molecule has 0 fully saturated rings. The highest BCUT2D eigenvalue weighted by atomic mass is 16.4. The molecule has 0 atom stereocenters. The average molecular weight is 544 g/mol. The molecule has 0 unspecified atom stereocenters. The number of nitrogen functional groups attached to an aromatic ring is 1. The number of hydrogen-bond acceptors (Lipinski definition) is 6. The zero-order valence-corrected chi connectivity index (χ0v) is 22.1. The number of amides is 2. The number of aryl methyl sites for hydroxylation is 1. The molecule has 0 saturated carbocycles. The molecule has 11 heteroatoms. The minimum Gasteiger partial charge on any atom is -0.465 e. The molecule has 2 amide bonds. The molecule has 0 spiro atoms. The van der Waals surface area contributed by atoms with Crippen LogP contribution in [0.25, 0.3) is 0 Å². The van der Waals surface area contributed by atoms with E-state index in [1.807, 2.05) is 54.6 Å². The maximum atomic E-state index is 11.5. The van der Waals surface area contributed by atoms with Crippen molar-refractivity contribution in [3.63, 3.8) is 0 Å². The van der Waals surface area contributed by atoms with Crippen molar-refractivity contribution < 1.29 is 19.8 Å². The average Bonchev–Trinajstić information content (AvgIpc) is 3.29. The minimum absolute atomic E-state index is 0.253. The van der Waals surface area contributed by atoms with Gasteiger partial charge in [0, 0.05) is 13.6 Å². The summed E-state index contributed by atoms with van der Waals surface area (Å²) in [6, 6.07) is 30.5. The summed E-state index contributed by atoms with van der Waals surface area (Å²) < 4.78 is 1.43. The molecule has 1 heterocycles. The SMILES string of the molecule is Cn1ncc(N(CCCNC(c2ccccc2)(c2ccccc2)c2ccccc2)C(NC(=O)O)NC(=O)O)c1N. The zero-order valence-electron chi connectivity index (χ0n) is 22.1. The molecular formula is C29H33N7O4. The summed E-state index contributed by atoms with van der Waals surface area (Å²) in [4.78, 5) is 24.6. The normalized spacial score (nSPS) is 11.2. The van der Waals surface area contributed by atoms with E-state index < -0.39 is 24.0 Å². The van der Waals surface area contributed by atoms with Gasteiger partial charge in [0.05, 0.1) is 11.7 Å². The fourth-order valence-corrected chi connectivity index (χ4v) is 4.87. The van der Waals surface area contributed by atoms with Crippen molar-refractivity contribution in [2.24, 2.45) is 7.05 Å². The number of nitrogens with one attached hydrogen (secondary N) is 3. The van der Waals surface area contributed by atoms with Crippen molar-refractivity contribution in [2.75, 3.05) is 23.7 Å². The first-order valence-corrected chi connectivity index (χ1v) is 12.8. The van der Waals surface area contributed by atoms with Gasteiger partial charge >= 0.3 is 12.2 Å². The van der Waals surface area contributed by atoms with Crippen molar-refractivity contribution in [2.45, 2.75) is 18.2 Å². The minimum atomic E-state index is -1.39. The molecule has 0 aliphatic carbocycles. The van der Waals surface area contributed by atoms with E-state index in [1.54, 1.807) is 11.9 Å². The molecule has 0 aliphatic rings. The number of carbonyl (C=O) groups is 2. The Bertz CT molecular complexity index is 1290. The topological polar surface area (TPSA) is 158 Å². The second-order valence-electron chi connectivity index (χ2n) is 9.16. The monoisotopic (exact) mass is 543 g/mol. The van der Waals surface area contributed by atoms with Gasteiger partial charge in [-0.05, 0) is 29.7 Å². The number of anilines is 2. The Morgan fingerprint density at radius 2 is 1.32 bits per heavy atom. The molecule has 0 bridgehead atoms. The van der Waals surface area contributed by atoms with Crippen molar-refractivity contribution in [1.29, 1.82) is 0 Å². The van der Waals surface area contributed by atoms with Gasteiger partial charge in [0.1, 0.15) is 11.5 Å². The van der Waals surface area contributed by atoms with Crippen molar-refractivity contribution in [1.82, 2.24) is 25.7 Å². The lowest BCUT2D eigenvalue weighted by Gasteiger charge is -2.38. The third-order valence-electron chi connectivity index (χ3n) is 6.69. The molecule has 0 radical (unpaired) electrons. The number of nitrogens with zero attached hydrogens (tertiary/aromatic N) is 3. The predicted octanol–water partition coefficient (Wildman–Crippen LogP) is 3.60. The van der Waals surface area contributed by atoms with E-state index >= 15 is 0 Å². The predicted molar refractivity (Wildman–Crippen MR) is 153 cm³/mol. The van der Waals surface area contributed by atoms with Crippen LogP contribution < -0.4 is 26.6 Å². The molecular weight excluding hydrogens is 510 g/mol. The van der Waals surface area contributed by atoms with Gasteiger partial charge in [-0.1, -0.05) is 91.0 Å². The fraction of sp³-hybridized carbons (Fsp3) is 0.207. The van der Waals surface area contributed by atoms with E-state index in [1.165, 1.54) is 10.9 Å². The Balaban J connectivity index is 1.66. The molecule has 4 rings (SSSR count). The quantitative estimate of drug-likeness (QED) is 0.0899. The summed E-state index contributed by atoms with van der Waals surface area (Å²) in [5.74, 6) is 0.268. The standard InChI is InChI=1S/C29H33N7O4/c1-35-25(30)24(20-32-35)36(26(33-27(37)38)34-28(39)40)19-11-18-31-29(21-12-5-2-6-13-21,22-14-7-3-8-15-22)23-16-9-4-10-17-23/h2-10,12-17,20,26,31,33-34H,11,18-19,30H2,1H3,(H,37,38)(H,39,40). The highest BCUT2D eigenvalue weighted by Crippen LogP contribution is 2.36. The molecule has 11 nitrogen and oxygen atoms in total. The van der Waals surface area contributed by atoms with Crippen LogP contribution in [0.1, 0.15) is 23.1 Å². The Kier molecular flexibility index (Phi) is 8.87. The van der Waals surface area contributed by atoms with Gasteiger partial charge in [0.15, 0.2) is 6.29 Å². The van der Waals surface area contributed by atoms with E-state index in [4.69, 9.17) is 5.73 Å². The molecule has 3 aromatic carbocycles. The lowest BCUT2D eigenvalue weighted by molar-refractivity contribution is 0.175. The van der Waals surface area contributed by atoms with Crippen LogP contribution in [-0.4, -0.2) is 51.6 Å². The largest absolute Gasteiger partial charge is 0.465 e. The first kappa shape index (κ1) is 28.0. The van der Waals surface area contributed by atoms with Gasteiger partial charge in [-0.15, -0.1) is 0 Å². The lowest BCUT2D eigenvalue weighted by Crippen LogP contribution is -2.58. The number of aromatic nitrogens is 2. The molecule has 1 aromatic heterocycles. The van der Waals surface area contributed by atoms with Gasteiger partial charge < -0.3 is 20.8 Å². The molecule has 40 heavy (non-hydrogen) atoms. The van der Waals surface area contributed by atoms with Crippen LogP contribution in [0.3, 0.4) is 0 Å². The van der Waals surface area contributed by atoms with Crippen LogP contribution in [0.4, 0.5) is 21.1 Å². The van der Waals surface area contributed by atoms with Crippen LogP contribution >= 0.6 is 0 Å². The Morgan fingerprint density at radius 3 is 1.70 bits per heavy atom. The van der Waals surface area contributed by atoms with Crippen molar-refractivity contribution in [3.05, 3.63) is 114 Å². The Labute approximate surface area is 232 Å². The molecule has 7 N–H and O–H groups in total. The van der Waals surface area contributed by atoms with E-state index in [-0.39, 0.29) is 12.4 Å². The maximum absolute atomic E-state index is 11.5. The van der Waals surface area contributed by atoms with Crippen LogP contribution in [-0.2, 0) is 12.6 Å². The van der Waals surface area contributed by atoms with Gasteiger partial charge in [-0.25, -0.2) is 9.59 Å². The fourth-order valence-electron chi connectivity index (χ4n) is 4.87. The third kappa shape index (κ3) is 6.16. The van der Waals surface area contributed by atoms with Gasteiger partial charge in [0.2, 0.25) is 0 Å². The van der Waals surface area contributed by atoms with Crippen LogP contribution in [0.5, 0.6) is 0 Å². The smallest absolute Gasteiger partial charge is 0.407 e. The Hall–Kier alpha value is -5.03. The van der Waals surface area contributed by atoms with Crippen LogP contribution in [0.15, 0.2) is 97.2 Å². The van der Waals surface area contributed by atoms with Gasteiger partial charge in [-0.3, -0.25) is 20.6 Å². The first-order valence-electron chi connectivity index (χ1n) is 12.8. The summed E-state index contributed by atoms with van der Waals surface area (Å²) >= 11 is 0. The number of nitrogens with two attached hydrogens (primary N) is 1. The summed E-state index contributed by atoms with van der Waals surface area (Å²) in [5, 5.41) is 31.1. The van der Waals surface area contributed by atoms with Crippen molar-refractivity contribution >= 4 is 23.7 Å². The summed E-state index contributed by atoms with van der Waals surface area (Å²) in [5.41, 5.74) is 9.08. The highest BCUT2D eigenvalue weighted by Gasteiger charge is 2.35. The van der Waals surface area contributed by atoms with E-state index in [9.17, 15) is 19.8 Å². The number of carboxylic acid groups (broad SMARTS) is 2. The first-order chi connectivity index (χ1) is 19.3. The summed E-state index contributed by atoms with van der Waals surface area (Å²) in [7, 11) is 1.65. The number of hydrogen-bond donors (Lipinski definition) is 6. The summed E-state index contributed by atoms with van der Waals surface area (Å²) in [6.07, 6.45) is -2.09. The molecule has 208 valence electrons.